The van der Waals surface area contributed by atoms with Crippen molar-refractivity contribution < 1.29 is 9.90 Å². The highest BCUT2D eigenvalue weighted by atomic mass is 16.4. The molecule has 64 valence electrons. The van der Waals surface area contributed by atoms with Gasteiger partial charge in [0, 0.05) is 6.42 Å². The quantitative estimate of drug-likeness (QED) is 0.600. The van der Waals surface area contributed by atoms with Crippen LogP contribution in [0.25, 0.3) is 0 Å². The first-order valence-electron chi connectivity index (χ1n) is 3.99. The SMILES string of the molecule is C=CCC(C)CCCC(=O)O. The fourth-order valence-electron chi connectivity index (χ4n) is 1.00. The maximum absolute atomic E-state index is 10.1. The van der Waals surface area contributed by atoms with E-state index in [1.165, 1.54) is 0 Å². The fraction of sp³-hybridized carbons (Fsp3) is 0.667. The lowest BCUT2D eigenvalue weighted by molar-refractivity contribution is -0.137. The van der Waals surface area contributed by atoms with Gasteiger partial charge in [-0.1, -0.05) is 13.0 Å². The molecule has 0 aromatic carbocycles. The predicted octanol–water partition coefficient (Wildman–Crippen LogP) is 2.45. The Morgan fingerprint density at radius 2 is 2.36 bits per heavy atom. The van der Waals surface area contributed by atoms with Crippen LogP contribution in [0.1, 0.15) is 32.6 Å². The number of carbonyl (C=O) groups is 1. The van der Waals surface area contributed by atoms with E-state index in [-0.39, 0.29) is 0 Å². The molecule has 0 aromatic rings. The van der Waals surface area contributed by atoms with Crippen LogP contribution in [0.3, 0.4) is 0 Å². The molecule has 2 nitrogen and oxygen atoms in total. The van der Waals surface area contributed by atoms with Crippen LogP contribution in [0.4, 0.5) is 0 Å². The molecule has 0 aliphatic carbocycles. The highest BCUT2D eigenvalue weighted by Crippen LogP contribution is 2.11. The number of hydrogen-bond acceptors (Lipinski definition) is 1. The Kier molecular flexibility index (Phi) is 5.53. The fourth-order valence-corrected chi connectivity index (χ4v) is 1.00. The summed E-state index contributed by atoms with van der Waals surface area (Å²) in [5.74, 6) is -0.123. The molecule has 1 atom stereocenters. The van der Waals surface area contributed by atoms with Crippen molar-refractivity contribution in [2.75, 3.05) is 0 Å². The van der Waals surface area contributed by atoms with E-state index in [2.05, 4.69) is 13.5 Å². The van der Waals surface area contributed by atoms with Gasteiger partial charge < -0.3 is 5.11 Å². The molecular formula is C9H16O2. The topological polar surface area (TPSA) is 37.3 Å². The van der Waals surface area contributed by atoms with Crippen LogP contribution in [0.15, 0.2) is 12.7 Å². The third-order valence-corrected chi connectivity index (χ3v) is 1.66. The molecule has 0 saturated heterocycles. The summed E-state index contributed by atoms with van der Waals surface area (Å²) in [6, 6.07) is 0. The number of rotatable bonds is 6. The Labute approximate surface area is 67.9 Å². The molecule has 2 heteroatoms. The van der Waals surface area contributed by atoms with E-state index in [0.29, 0.717) is 12.3 Å². The van der Waals surface area contributed by atoms with Crippen molar-refractivity contribution in [2.45, 2.75) is 32.6 Å². The lowest BCUT2D eigenvalue weighted by Gasteiger charge is -2.05. The van der Waals surface area contributed by atoms with Gasteiger partial charge in [-0.3, -0.25) is 4.79 Å². The highest BCUT2D eigenvalue weighted by molar-refractivity contribution is 5.66. The average Bonchev–Trinajstić information content (AvgIpc) is 1.87. The second-order valence-electron chi connectivity index (χ2n) is 2.92. The van der Waals surface area contributed by atoms with E-state index in [0.717, 1.165) is 19.3 Å². The first-order chi connectivity index (χ1) is 5.16. The van der Waals surface area contributed by atoms with Gasteiger partial charge in [-0.2, -0.15) is 0 Å². The monoisotopic (exact) mass is 156 g/mol. The minimum Gasteiger partial charge on any atom is -0.481 e. The molecule has 0 spiro atoms. The summed E-state index contributed by atoms with van der Waals surface area (Å²) < 4.78 is 0. The van der Waals surface area contributed by atoms with Crippen LogP contribution in [-0.4, -0.2) is 11.1 Å². The first-order valence-corrected chi connectivity index (χ1v) is 3.99. The molecule has 0 saturated carbocycles. The third-order valence-electron chi connectivity index (χ3n) is 1.66. The second-order valence-corrected chi connectivity index (χ2v) is 2.92. The Balaban J connectivity index is 3.23. The van der Waals surface area contributed by atoms with Crippen LogP contribution >= 0.6 is 0 Å². The van der Waals surface area contributed by atoms with Gasteiger partial charge in [-0.15, -0.1) is 6.58 Å². The van der Waals surface area contributed by atoms with E-state index < -0.39 is 5.97 Å². The van der Waals surface area contributed by atoms with Gasteiger partial charge in [0.25, 0.3) is 0 Å². The van der Waals surface area contributed by atoms with E-state index in [1.807, 2.05) is 6.08 Å². The Bertz CT molecular complexity index is 130. The molecule has 1 unspecified atom stereocenters. The third kappa shape index (κ3) is 7.10. The van der Waals surface area contributed by atoms with Crippen molar-refractivity contribution in [3.05, 3.63) is 12.7 Å². The highest BCUT2D eigenvalue weighted by Gasteiger charge is 2.01. The molecule has 0 heterocycles. The van der Waals surface area contributed by atoms with Crippen LogP contribution in [-0.2, 0) is 4.79 Å². The largest absolute Gasteiger partial charge is 0.481 e. The molecule has 0 aromatic heterocycles. The van der Waals surface area contributed by atoms with Crippen molar-refractivity contribution in [1.82, 2.24) is 0 Å². The summed E-state index contributed by atoms with van der Waals surface area (Å²) in [6.07, 6.45) is 4.93. The molecule has 0 aliphatic rings. The molecule has 0 bridgehead atoms. The van der Waals surface area contributed by atoms with Gasteiger partial charge >= 0.3 is 5.97 Å². The van der Waals surface area contributed by atoms with Crippen molar-refractivity contribution in [1.29, 1.82) is 0 Å². The first kappa shape index (κ1) is 10.2. The molecule has 1 N–H and O–H groups in total. The summed E-state index contributed by atoms with van der Waals surface area (Å²) in [5.41, 5.74) is 0. The molecule has 11 heavy (non-hydrogen) atoms. The van der Waals surface area contributed by atoms with Gasteiger partial charge in [-0.25, -0.2) is 0 Å². The molecular weight excluding hydrogens is 140 g/mol. The van der Waals surface area contributed by atoms with E-state index in [4.69, 9.17) is 5.11 Å². The summed E-state index contributed by atoms with van der Waals surface area (Å²) in [6.45, 7) is 5.74. The number of carboxylic acids is 1. The van der Waals surface area contributed by atoms with E-state index in [1.54, 1.807) is 0 Å². The summed E-state index contributed by atoms with van der Waals surface area (Å²) in [4.78, 5) is 10.1. The number of carboxylic acid groups (broad SMARTS) is 1. The van der Waals surface area contributed by atoms with Crippen molar-refractivity contribution in [2.24, 2.45) is 5.92 Å². The Morgan fingerprint density at radius 3 is 2.82 bits per heavy atom. The minimum absolute atomic E-state index is 0.293. The van der Waals surface area contributed by atoms with Crippen molar-refractivity contribution >= 4 is 5.97 Å². The Hall–Kier alpha value is -0.790. The van der Waals surface area contributed by atoms with Gasteiger partial charge in [0.2, 0.25) is 0 Å². The Morgan fingerprint density at radius 1 is 1.73 bits per heavy atom. The number of aliphatic carboxylic acids is 1. The van der Waals surface area contributed by atoms with Crippen LogP contribution in [0.2, 0.25) is 0 Å². The zero-order valence-electron chi connectivity index (χ0n) is 7.05. The van der Waals surface area contributed by atoms with Crippen LogP contribution in [0.5, 0.6) is 0 Å². The lowest BCUT2D eigenvalue weighted by Crippen LogP contribution is -1.97. The number of allylic oxidation sites excluding steroid dienone is 1. The van der Waals surface area contributed by atoms with Gasteiger partial charge in [-0.05, 0) is 25.2 Å². The second kappa shape index (κ2) is 5.96. The van der Waals surface area contributed by atoms with Crippen molar-refractivity contribution in [3.8, 4) is 0 Å². The molecule has 0 radical (unpaired) electrons. The van der Waals surface area contributed by atoms with Crippen molar-refractivity contribution in [3.63, 3.8) is 0 Å². The van der Waals surface area contributed by atoms with E-state index in [9.17, 15) is 4.79 Å². The minimum atomic E-state index is -0.698. The van der Waals surface area contributed by atoms with Gasteiger partial charge in [0.05, 0.1) is 0 Å². The zero-order chi connectivity index (χ0) is 8.69. The molecule has 0 aliphatic heterocycles. The predicted molar refractivity (Wildman–Crippen MR) is 45.5 cm³/mol. The lowest BCUT2D eigenvalue weighted by atomic mass is 10.0. The molecule has 0 amide bonds. The smallest absolute Gasteiger partial charge is 0.303 e. The standard InChI is InChI=1S/C9H16O2/c1-3-5-8(2)6-4-7-9(10)11/h3,8H,1,4-7H2,2H3,(H,10,11). The van der Waals surface area contributed by atoms with Crippen LogP contribution < -0.4 is 0 Å². The zero-order valence-corrected chi connectivity index (χ0v) is 7.05. The summed E-state index contributed by atoms with van der Waals surface area (Å²) in [7, 11) is 0. The maximum Gasteiger partial charge on any atom is 0.303 e. The number of hydrogen-bond donors (Lipinski definition) is 1. The average molecular weight is 156 g/mol. The molecule has 0 rings (SSSR count). The van der Waals surface area contributed by atoms with Crippen LogP contribution in [0, 0.1) is 5.92 Å². The van der Waals surface area contributed by atoms with E-state index >= 15 is 0 Å². The normalized spacial score (nSPS) is 12.5. The summed E-state index contributed by atoms with van der Waals surface area (Å²) >= 11 is 0. The maximum atomic E-state index is 10.1. The summed E-state index contributed by atoms with van der Waals surface area (Å²) in [5, 5.41) is 8.34. The van der Waals surface area contributed by atoms with Gasteiger partial charge in [0.1, 0.15) is 0 Å². The van der Waals surface area contributed by atoms with Gasteiger partial charge in [0.15, 0.2) is 0 Å². The molecule has 0 fully saturated rings.